The van der Waals surface area contributed by atoms with E-state index in [1.54, 1.807) is 0 Å². The van der Waals surface area contributed by atoms with Crippen LogP contribution in [-0.2, 0) is 4.84 Å². The van der Waals surface area contributed by atoms with Crippen molar-refractivity contribution in [2.24, 2.45) is 10.9 Å². The third-order valence-electron chi connectivity index (χ3n) is 4.16. The third-order valence-corrected chi connectivity index (χ3v) is 4.16. The van der Waals surface area contributed by atoms with Crippen molar-refractivity contribution in [1.82, 2.24) is 4.90 Å². The summed E-state index contributed by atoms with van der Waals surface area (Å²) in [5.74, 6) is 0.914. The Morgan fingerprint density at radius 1 is 1.26 bits per heavy atom. The number of rotatable bonds is 5. The molecule has 0 aromatic heterocycles. The fourth-order valence-electron chi connectivity index (χ4n) is 2.77. The number of para-hydroxylation sites is 2. The molecule has 128 valence electrons. The van der Waals surface area contributed by atoms with Gasteiger partial charge in [0, 0.05) is 39.1 Å². The number of hydrogen-bond acceptors (Lipinski definition) is 6. The smallest absolute Gasteiger partial charge is 0.166 e. The Morgan fingerprint density at radius 3 is 2.70 bits per heavy atom. The Bertz CT molecular complexity index is 533. The van der Waals surface area contributed by atoms with Crippen LogP contribution in [0.15, 0.2) is 29.4 Å². The Balaban J connectivity index is 0.00000192. The number of nitrogens with two attached hydrogens (primary N) is 1. The first kappa shape index (κ1) is 17.8. The molecule has 0 amide bonds. The fourth-order valence-corrected chi connectivity index (χ4v) is 2.77. The number of piperazine rings is 1. The van der Waals surface area contributed by atoms with Gasteiger partial charge in [0.25, 0.3) is 0 Å². The third kappa shape index (κ3) is 4.50. The van der Waals surface area contributed by atoms with Gasteiger partial charge in [0.2, 0.25) is 0 Å². The highest BCUT2D eigenvalue weighted by Gasteiger charge is 2.22. The van der Waals surface area contributed by atoms with Crippen LogP contribution >= 0.6 is 12.4 Å². The molecule has 0 radical (unpaired) electrons. The van der Waals surface area contributed by atoms with Crippen molar-refractivity contribution in [3.05, 3.63) is 24.3 Å². The Hall–Kier alpha value is -1.50. The van der Waals surface area contributed by atoms with Gasteiger partial charge in [-0.3, -0.25) is 0 Å². The van der Waals surface area contributed by atoms with E-state index in [9.17, 15) is 0 Å². The second kappa shape index (κ2) is 8.38. The summed E-state index contributed by atoms with van der Waals surface area (Å²) < 4.78 is 6.00. The van der Waals surface area contributed by atoms with Gasteiger partial charge in [-0.2, -0.15) is 0 Å². The van der Waals surface area contributed by atoms with Crippen LogP contribution in [0, 0.1) is 0 Å². The zero-order chi connectivity index (χ0) is 15.4. The monoisotopic (exact) mass is 340 g/mol. The van der Waals surface area contributed by atoms with E-state index in [-0.39, 0.29) is 18.5 Å². The molecule has 1 saturated heterocycles. The molecule has 3 rings (SSSR count). The highest BCUT2D eigenvalue weighted by molar-refractivity contribution is 5.87. The largest absolute Gasteiger partial charge is 0.487 e. The number of hydrogen-bond donors (Lipinski definition) is 1. The quantitative estimate of drug-likeness (QED) is 0.876. The van der Waals surface area contributed by atoms with Gasteiger partial charge in [0.1, 0.15) is 12.4 Å². The van der Waals surface area contributed by atoms with E-state index in [1.807, 2.05) is 12.1 Å². The zero-order valence-electron chi connectivity index (χ0n) is 13.5. The van der Waals surface area contributed by atoms with Crippen LogP contribution in [0.1, 0.15) is 6.42 Å². The summed E-state index contributed by atoms with van der Waals surface area (Å²) in [5.41, 5.74) is 7.64. The van der Waals surface area contributed by atoms with Crippen molar-refractivity contribution in [2.75, 3.05) is 51.3 Å². The summed E-state index contributed by atoms with van der Waals surface area (Å²) >= 11 is 0. The fraction of sp³-hybridized carbons (Fsp3) is 0.562. The summed E-state index contributed by atoms with van der Waals surface area (Å²) in [6.07, 6.45) is 0.729. The number of halogens is 1. The Kier molecular flexibility index (Phi) is 6.50. The van der Waals surface area contributed by atoms with Crippen LogP contribution < -0.4 is 15.4 Å². The topological polar surface area (TPSA) is 63.3 Å². The van der Waals surface area contributed by atoms with Crippen molar-refractivity contribution in [3.63, 3.8) is 0 Å². The van der Waals surface area contributed by atoms with Gasteiger partial charge in [-0.1, -0.05) is 17.3 Å². The van der Waals surface area contributed by atoms with Crippen LogP contribution in [0.2, 0.25) is 0 Å². The predicted octanol–water partition coefficient (Wildman–Crippen LogP) is 1.34. The minimum absolute atomic E-state index is 0. The molecule has 1 aromatic rings. The lowest BCUT2D eigenvalue weighted by molar-refractivity contribution is 0.0472. The highest BCUT2D eigenvalue weighted by atomic mass is 35.5. The number of benzene rings is 1. The minimum Gasteiger partial charge on any atom is -0.487 e. The maximum Gasteiger partial charge on any atom is 0.166 e. The lowest BCUT2D eigenvalue weighted by Gasteiger charge is -2.34. The number of nitrogens with zero attached hydrogens (tertiary/aromatic N) is 3. The molecule has 2 heterocycles. The van der Waals surface area contributed by atoms with Gasteiger partial charge >= 0.3 is 0 Å². The molecule has 6 nitrogen and oxygen atoms in total. The van der Waals surface area contributed by atoms with E-state index in [0.717, 1.165) is 49.7 Å². The molecular formula is C16H25ClN4O2. The van der Waals surface area contributed by atoms with Crippen molar-refractivity contribution in [3.8, 4) is 5.75 Å². The van der Waals surface area contributed by atoms with E-state index in [2.05, 4.69) is 34.1 Å². The molecule has 0 aliphatic carbocycles. The Labute approximate surface area is 143 Å². The van der Waals surface area contributed by atoms with Gasteiger partial charge in [-0.15, -0.1) is 12.4 Å². The van der Waals surface area contributed by atoms with Crippen LogP contribution in [0.3, 0.4) is 0 Å². The van der Waals surface area contributed by atoms with Crippen LogP contribution in [-0.4, -0.2) is 63.1 Å². The standard InChI is InChI=1S/C16H24N4O2.ClH/c1-19-6-8-20(9-7-19)15-4-2-3-5-16(15)21-12-14-10-13(11-17)18-22-14;/h2-5,14H,6-12,17H2,1H3;1H. The van der Waals surface area contributed by atoms with E-state index < -0.39 is 0 Å². The van der Waals surface area contributed by atoms with Gasteiger partial charge in [-0.25, -0.2) is 0 Å². The number of anilines is 1. The molecular weight excluding hydrogens is 316 g/mol. The molecule has 2 N–H and O–H groups in total. The van der Waals surface area contributed by atoms with Gasteiger partial charge in [-0.05, 0) is 19.2 Å². The molecule has 1 fully saturated rings. The average molecular weight is 341 g/mol. The van der Waals surface area contributed by atoms with E-state index >= 15 is 0 Å². The molecule has 2 aliphatic rings. The number of likely N-dealkylation sites (N-methyl/N-ethyl adjacent to an activating group) is 1. The highest BCUT2D eigenvalue weighted by Crippen LogP contribution is 2.29. The minimum atomic E-state index is -0.0286. The Morgan fingerprint density at radius 2 is 2.00 bits per heavy atom. The molecule has 23 heavy (non-hydrogen) atoms. The molecule has 7 heteroatoms. The van der Waals surface area contributed by atoms with Crippen molar-refractivity contribution in [2.45, 2.75) is 12.5 Å². The molecule has 0 saturated carbocycles. The first-order chi connectivity index (χ1) is 10.8. The maximum absolute atomic E-state index is 6.00. The first-order valence-electron chi connectivity index (χ1n) is 7.83. The molecule has 1 aromatic carbocycles. The second-order valence-electron chi connectivity index (χ2n) is 5.86. The number of oxime groups is 1. The van der Waals surface area contributed by atoms with E-state index in [4.69, 9.17) is 15.3 Å². The van der Waals surface area contributed by atoms with Crippen LogP contribution in [0.4, 0.5) is 5.69 Å². The maximum atomic E-state index is 6.00. The SMILES string of the molecule is CN1CCN(c2ccccc2OCC2CC(CN)=NO2)CC1.Cl. The lowest BCUT2D eigenvalue weighted by Crippen LogP contribution is -2.44. The van der Waals surface area contributed by atoms with Gasteiger partial charge in [0.15, 0.2) is 6.10 Å². The number of ether oxygens (including phenoxy) is 1. The second-order valence-corrected chi connectivity index (χ2v) is 5.86. The molecule has 0 spiro atoms. The molecule has 1 unspecified atom stereocenters. The van der Waals surface area contributed by atoms with E-state index in [0.29, 0.717) is 13.2 Å². The van der Waals surface area contributed by atoms with E-state index in [1.165, 1.54) is 0 Å². The summed E-state index contributed by atoms with van der Waals surface area (Å²) in [4.78, 5) is 10.1. The molecule has 2 aliphatic heterocycles. The first-order valence-corrected chi connectivity index (χ1v) is 7.83. The van der Waals surface area contributed by atoms with Crippen molar-refractivity contribution in [1.29, 1.82) is 0 Å². The predicted molar refractivity (Wildman–Crippen MR) is 94.9 cm³/mol. The molecule has 0 bridgehead atoms. The normalized spacial score (nSPS) is 21.4. The van der Waals surface area contributed by atoms with Gasteiger partial charge < -0.3 is 25.1 Å². The van der Waals surface area contributed by atoms with Crippen LogP contribution in [0.25, 0.3) is 0 Å². The van der Waals surface area contributed by atoms with Crippen molar-refractivity contribution >= 4 is 23.8 Å². The van der Waals surface area contributed by atoms with Crippen molar-refractivity contribution < 1.29 is 9.57 Å². The van der Waals surface area contributed by atoms with Gasteiger partial charge in [0.05, 0.1) is 11.4 Å². The lowest BCUT2D eigenvalue weighted by atomic mass is 10.2. The summed E-state index contributed by atoms with van der Waals surface area (Å²) in [7, 11) is 2.16. The zero-order valence-corrected chi connectivity index (χ0v) is 14.3. The summed E-state index contributed by atoms with van der Waals surface area (Å²) in [5, 5.41) is 3.96. The summed E-state index contributed by atoms with van der Waals surface area (Å²) in [6, 6.07) is 8.21. The summed E-state index contributed by atoms with van der Waals surface area (Å²) in [6.45, 7) is 5.15. The average Bonchev–Trinajstić information content (AvgIpc) is 3.02. The molecule has 1 atom stereocenters. The van der Waals surface area contributed by atoms with Crippen LogP contribution in [0.5, 0.6) is 5.75 Å².